The number of benzene rings is 1. The summed E-state index contributed by atoms with van der Waals surface area (Å²) in [5, 5.41) is 0. The minimum atomic E-state index is -0.442. The second-order valence-corrected chi connectivity index (χ2v) is 3.30. The molecule has 0 nitrogen and oxygen atoms in total. The van der Waals surface area contributed by atoms with E-state index in [1.807, 2.05) is 13.8 Å². The zero-order chi connectivity index (χ0) is 11.3. The Balaban J connectivity index is 0.000000791. The molecule has 0 bridgehead atoms. The van der Waals surface area contributed by atoms with Gasteiger partial charge < -0.3 is 0 Å². The summed E-state index contributed by atoms with van der Waals surface area (Å²) in [6.07, 6.45) is 0. The van der Waals surface area contributed by atoms with Crippen LogP contribution in [0.5, 0.6) is 0 Å². The largest absolute Gasteiger partial charge is 0.207 e. The maximum absolute atomic E-state index is 13.1. The molecule has 2 heteroatoms. The maximum Gasteiger partial charge on any atom is 0.129 e. The van der Waals surface area contributed by atoms with Gasteiger partial charge in [0.2, 0.25) is 0 Å². The van der Waals surface area contributed by atoms with Gasteiger partial charge in [0.15, 0.2) is 0 Å². The van der Waals surface area contributed by atoms with E-state index in [-0.39, 0.29) is 11.5 Å². The van der Waals surface area contributed by atoms with E-state index < -0.39 is 11.6 Å². The highest BCUT2D eigenvalue weighted by Crippen LogP contribution is 2.22. The summed E-state index contributed by atoms with van der Waals surface area (Å²) < 4.78 is 26.2. The van der Waals surface area contributed by atoms with E-state index in [0.717, 1.165) is 0 Å². The van der Waals surface area contributed by atoms with E-state index in [9.17, 15) is 8.78 Å². The van der Waals surface area contributed by atoms with Crippen molar-refractivity contribution in [3.63, 3.8) is 0 Å². The monoisotopic (exact) mass is 200 g/mol. The fraction of sp³-hybridized carbons (Fsp3) is 0.500. The van der Waals surface area contributed by atoms with Crippen LogP contribution in [0.3, 0.4) is 0 Å². The Hall–Kier alpha value is -0.920. The van der Waals surface area contributed by atoms with Gasteiger partial charge in [-0.25, -0.2) is 8.78 Å². The van der Waals surface area contributed by atoms with Crippen molar-refractivity contribution in [3.8, 4) is 0 Å². The highest BCUT2D eigenvalue weighted by molar-refractivity contribution is 5.27. The zero-order valence-electron chi connectivity index (χ0n) is 9.49. The van der Waals surface area contributed by atoms with Gasteiger partial charge in [0, 0.05) is 5.56 Å². The number of rotatable bonds is 1. The molecule has 0 N–H and O–H groups in total. The molecule has 1 aromatic rings. The van der Waals surface area contributed by atoms with Crippen LogP contribution in [-0.4, -0.2) is 0 Å². The molecule has 0 aliphatic heterocycles. The van der Waals surface area contributed by atoms with Crippen LogP contribution in [-0.2, 0) is 0 Å². The van der Waals surface area contributed by atoms with Crippen LogP contribution in [0, 0.1) is 18.6 Å². The first-order valence-electron chi connectivity index (χ1n) is 4.98. The zero-order valence-corrected chi connectivity index (χ0v) is 9.49. The van der Waals surface area contributed by atoms with Gasteiger partial charge in [0.05, 0.1) is 0 Å². The molecule has 0 saturated carbocycles. The first kappa shape index (κ1) is 13.1. The summed E-state index contributed by atoms with van der Waals surface area (Å²) in [4.78, 5) is 0. The fourth-order valence-corrected chi connectivity index (χ4v) is 1.26. The second-order valence-electron chi connectivity index (χ2n) is 3.30. The van der Waals surface area contributed by atoms with Gasteiger partial charge in [-0.15, -0.1) is 0 Å². The summed E-state index contributed by atoms with van der Waals surface area (Å²) >= 11 is 0. The lowest BCUT2D eigenvalue weighted by Gasteiger charge is -2.08. The van der Waals surface area contributed by atoms with Crippen LogP contribution in [0.2, 0.25) is 0 Å². The molecule has 1 aromatic carbocycles. The molecule has 1 rings (SSSR count). The molecule has 0 aromatic heterocycles. The van der Waals surface area contributed by atoms with Gasteiger partial charge in [-0.2, -0.15) is 0 Å². The molecule has 0 radical (unpaired) electrons. The molecule has 0 spiro atoms. The van der Waals surface area contributed by atoms with E-state index in [1.165, 1.54) is 12.1 Å². The second kappa shape index (κ2) is 5.74. The SMILES string of the molecule is CC.Cc1cc(F)c(C(C)C)c(F)c1. The number of halogens is 2. The molecule has 0 amide bonds. The predicted molar refractivity (Wildman–Crippen MR) is 56.5 cm³/mol. The Morgan fingerprint density at radius 2 is 1.36 bits per heavy atom. The van der Waals surface area contributed by atoms with Gasteiger partial charge >= 0.3 is 0 Å². The lowest BCUT2D eigenvalue weighted by Crippen LogP contribution is -1.98. The van der Waals surface area contributed by atoms with E-state index in [0.29, 0.717) is 5.56 Å². The quantitative estimate of drug-likeness (QED) is 0.629. The molecule has 0 aliphatic rings. The van der Waals surface area contributed by atoms with Crippen molar-refractivity contribution < 1.29 is 8.78 Å². The Labute approximate surface area is 85.0 Å². The minimum absolute atomic E-state index is 0.106. The molecule has 0 fully saturated rings. The summed E-state index contributed by atoms with van der Waals surface area (Å²) in [5.74, 6) is -0.990. The number of hydrogen-bond acceptors (Lipinski definition) is 0. The molecule has 0 heterocycles. The Morgan fingerprint density at radius 3 is 1.64 bits per heavy atom. The molecule has 0 atom stereocenters. The molecular formula is C12H18F2. The molecule has 0 unspecified atom stereocenters. The average Bonchev–Trinajstić information content (AvgIpc) is 2.04. The summed E-state index contributed by atoms with van der Waals surface area (Å²) in [6.45, 7) is 9.23. The highest BCUT2D eigenvalue weighted by atomic mass is 19.1. The van der Waals surface area contributed by atoms with Gasteiger partial charge in [-0.05, 0) is 30.5 Å². The third kappa shape index (κ3) is 3.09. The minimum Gasteiger partial charge on any atom is -0.207 e. The van der Waals surface area contributed by atoms with E-state index in [1.54, 1.807) is 20.8 Å². The van der Waals surface area contributed by atoms with Gasteiger partial charge in [0.25, 0.3) is 0 Å². The lowest BCUT2D eigenvalue weighted by atomic mass is 10.0. The Bertz CT molecular complexity index is 267. The third-order valence-corrected chi connectivity index (χ3v) is 1.80. The van der Waals surface area contributed by atoms with Crippen LogP contribution >= 0.6 is 0 Å². The third-order valence-electron chi connectivity index (χ3n) is 1.80. The van der Waals surface area contributed by atoms with Crippen LogP contribution < -0.4 is 0 Å². The topological polar surface area (TPSA) is 0 Å². The Morgan fingerprint density at radius 1 is 1.00 bits per heavy atom. The first-order valence-corrected chi connectivity index (χ1v) is 4.98. The van der Waals surface area contributed by atoms with Crippen molar-refractivity contribution in [2.24, 2.45) is 0 Å². The van der Waals surface area contributed by atoms with Crippen molar-refractivity contribution in [1.29, 1.82) is 0 Å². The normalized spacial score (nSPS) is 9.71. The van der Waals surface area contributed by atoms with E-state index in [2.05, 4.69) is 0 Å². The molecular weight excluding hydrogens is 182 g/mol. The van der Waals surface area contributed by atoms with Gasteiger partial charge in [0.1, 0.15) is 11.6 Å². The Kier molecular flexibility index (Phi) is 5.36. The summed E-state index contributed by atoms with van der Waals surface area (Å²) in [5.41, 5.74) is 0.801. The van der Waals surface area contributed by atoms with Gasteiger partial charge in [-0.3, -0.25) is 0 Å². The standard InChI is InChI=1S/C10H12F2.C2H6/c1-6(2)10-8(11)4-7(3)5-9(10)12;1-2/h4-6H,1-3H3;1-2H3. The molecule has 80 valence electrons. The first-order chi connectivity index (χ1) is 6.52. The lowest BCUT2D eigenvalue weighted by molar-refractivity contribution is 0.540. The van der Waals surface area contributed by atoms with Crippen molar-refractivity contribution in [3.05, 3.63) is 34.9 Å². The summed E-state index contributed by atoms with van der Waals surface area (Å²) in [7, 11) is 0. The van der Waals surface area contributed by atoms with Crippen molar-refractivity contribution in [2.75, 3.05) is 0 Å². The van der Waals surface area contributed by atoms with Crippen molar-refractivity contribution in [2.45, 2.75) is 40.5 Å². The fourth-order valence-electron chi connectivity index (χ4n) is 1.26. The van der Waals surface area contributed by atoms with E-state index >= 15 is 0 Å². The smallest absolute Gasteiger partial charge is 0.129 e. The van der Waals surface area contributed by atoms with Crippen LogP contribution in [0.4, 0.5) is 8.78 Å². The molecule has 0 saturated heterocycles. The number of aryl methyl sites for hydroxylation is 1. The number of hydrogen-bond donors (Lipinski definition) is 0. The van der Waals surface area contributed by atoms with Crippen molar-refractivity contribution >= 4 is 0 Å². The van der Waals surface area contributed by atoms with Crippen LogP contribution in [0.1, 0.15) is 44.7 Å². The van der Waals surface area contributed by atoms with Crippen LogP contribution in [0.25, 0.3) is 0 Å². The highest BCUT2D eigenvalue weighted by Gasteiger charge is 2.12. The van der Waals surface area contributed by atoms with E-state index in [4.69, 9.17) is 0 Å². The van der Waals surface area contributed by atoms with Gasteiger partial charge in [-0.1, -0.05) is 27.7 Å². The van der Waals surface area contributed by atoms with Crippen LogP contribution in [0.15, 0.2) is 12.1 Å². The molecule has 14 heavy (non-hydrogen) atoms. The average molecular weight is 200 g/mol. The maximum atomic E-state index is 13.1. The summed E-state index contributed by atoms with van der Waals surface area (Å²) in [6, 6.07) is 2.72. The predicted octanol–water partition coefficient (Wildman–Crippen LogP) is 4.42. The molecule has 0 aliphatic carbocycles. The van der Waals surface area contributed by atoms with Crippen molar-refractivity contribution in [1.82, 2.24) is 0 Å².